The molecular formula is C11H15NO3S. The summed E-state index contributed by atoms with van der Waals surface area (Å²) >= 11 is 1.42. The van der Waals surface area contributed by atoms with Crippen molar-refractivity contribution in [2.75, 3.05) is 13.1 Å². The van der Waals surface area contributed by atoms with Crippen molar-refractivity contribution >= 4 is 17.2 Å². The number of nitrogens with zero attached hydrogens (tertiary/aromatic N) is 1. The summed E-state index contributed by atoms with van der Waals surface area (Å²) in [7, 11) is 0. The van der Waals surface area contributed by atoms with Crippen molar-refractivity contribution in [3.8, 4) is 0 Å². The Morgan fingerprint density at radius 1 is 1.50 bits per heavy atom. The molecular weight excluding hydrogens is 226 g/mol. The summed E-state index contributed by atoms with van der Waals surface area (Å²) in [6.07, 6.45) is -0.799. The fourth-order valence-electron chi connectivity index (χ4n) is 1.88. The van der Waals surface area contributed by atoms with Gasteiger partial charge in [0.05, 0.1) is 17.1 Å². The van der Waals surface area contributed by atoms with Crippen LogP contribution >= 0.6 is 11.3 Å². The van der Waals surface area contributed by atoms with E-state index in [1.165, 1.54) is 16.2 Å². The van der Waals surface area contributed by atoms with E-state index >= 15 is 0 Å². The Bertz CT molecular complexity index is 380. The van der Waals surface area contributed by atoms with Gasteiger partial charge in [-0.05, 0) is 23.4 Å². The molecule has 0 radical (unpaired) electrons. The molecule has 88 valence electrons. The Kier molecular flexibility index (Phi) is 3.28. The van der Waals surface area contributed by atoms with Crippen LogP contribution in [0, 0.1) is 0 Å². The van der Waals surface area contributed by atoms with E-state index in [1.54, 1.807) is 0 Å². The highest BCUT2D eigenvalue weighted by Gasteiger charge is 2.33. The molecule has 0 bridgehead atoms. The maximum Gasteiger partial charge on any atom is 0.264 e. The largest absolute Gasteiger partial charge is 0.388 e. The molecule has 1 aliphatic rings. The number of carbonyl (C=O) groups excluding carboxylic acids is 1. The van der Waals surface area contributed by atoms with Crippen molar-refractivity contribution < 1.29 is 15.0 Å². The highest BCUT2D eigenvalue weighted by Crippen LogP contribution is 2.22. The van der Waals surface area contributed by atoms with E-state index in [1.807, 2.05) is 18.4 Å². The Morgan fingerprint density at radius 3 is 2.69 bits per heavy atom. The summed E-state index contributed by atoms with van der Waals surface area (Å²) in [6, 6.07) is 1.95. The van der Waals surface area contributed by atoms with Crippen molar-refractivity contribution in [2.45, 2.75) is 25.6 Å². The van der Waals surface area contributed by atoms with Gasteiger partial charge in [0, 0.05) is 13.1 Å². The van der Waals surface area contributed by atoms with Gasteiger partial charge >= 0.3 is 0 Å². The first-order valence-corrected chi connectivity index (χ1v) is 6.23. The molecule has 4 nitrogen and oxygen atoms in total. The van der Waals surface area contributed by atoms with Crippen molar-refractivity contribution in [1.82, 2.24) is 4.90 Å². The first-order chi connectivity index (χ1) is 7.63. The number of aryl methyl sites for hydroxylation is 1. The van der Waals surface area contributed by atoms with Crippen molar-refractivity contribution in [2.24, 2.45) is 0 Å². The second-order valence-electron chi connectivity index (χ2n) is 3.97. The smallest absolute Gasteiger partial charge is 0.264 e. The third-order valence-corrected chi connectivity index (χ3v) is 3.81. The number of thiophene rings is 1. The minimum atomic E-state index is -0.811. The van der Waals surface area contributed by atoms with Gasteiger partial charge in [0.1, 0.15) is 0 Å². The minimum Gasteiger partial charge on any atom is -0.388 e. The lowest BCUT2D eigenvalue weighted by Gasteiger charge is -2.14. The number of carbonyl (C=O) groups is 1. The average molecular weight is 241 g/mol. The topological polar surface area (TPSA) is 60.8 Å². The maximum absolute atomic E-state index is 12.1. The monoisotopic (exact) mass is 241 g/mol. The summed E-state index contributed by atoms with van der Waals surface area (Å²) in [4.78, 5) is 14.3. The lowest BCUT2D eigenvalue weighted by Crippen LogP contribution is -2.29. The number of rotatable bonds is 2. The van der Waals surface area contributed by atoms with E-state index in [2.05, 4.69) is 0 Å². The Balaban J connectivity index is 2.14. The highest BCUT2D eigenvalue weighted by molar-refractivity contribution is 7.12. The Morgan fingerprint density at radius 2 is 2.12 bits per heavy atom. The first kappa shape index (κ1) is 11.6. The van der Waals surface area contributed by atoms with Gasteiger partial charge in [0.15, 0.2) is 0 Å². The van der Waals surface area contributed by atoms with Crippen LogP contribution < -0.4 is 0 Å². The predicted molar refractivity (Wildman–Crippen MR) is 61.6 cm³/mol. The lowest BCUT2D eigenvalue weighted by molar-refractivity contribution is 0.0572. The number of hydrogen-bond acceptors (Lipinski definition) is 4. The van der Waals surface area contributed by atoms with Gasteiger partial charge in [-0.2, -0.15) is 0 Å². The van der Waals surface area contributed by atoms with Gasteiger partial charge in [-0.25, -0.2) is 0 Å². The molecule has 2 rings (SSSR count). The van der Waals surface area contributed by atoms with Crippen LogP contribution in [0.4, 0.5) is 0 Å². The van der Waals surface area contributed by atoms with E-state index in [-0.39, 0.29) is 19.0 Å². The molecule has 0 aromatic carbocycles. The highest BCUT2D eigenvalue weighted by atomic mass is 32.1. The second kappa shape index (κ2) is 4.53. The standard InChI is InChI=1S/C11H15NO3S/c1-2-7-3-4-16-10(7)11(15)12-5-8(13)9(14)6-12/h3-4,8-9,13-14H,2,5-6H2,1H3/t8-,9+. The summed E-state index contributed by atoms with van der Waals surface area (Å²) in [5.74, 6) is -0.0811. The van der Waals surface area contributed by atoms with Crippen LogP contribution in [0.25, 0.3) is 0 Å². The molecule has 5 heteroatoms. The molecule has 0 saturated carbocycles. The number of aliphatic hydroxyl groups excluding tert-OH is 2. The predicted octanol–water partition coefficient (Wildman–Crippen LogP) is 0.488. The van der Waals surface area contributed by atoms with Crippen LogP contribution in [0.5, 0.6) is 0 Å². The van der Waals surface area contributed by atoms with Crippen molar-refractivity contribution in [3.05, 3.63) is 21.9 Å². The molecule has 2 heterocycles. The van der Waals surface area contributed by atoms with E-state index < -0.39 is 12.2 Å². The normalized spacial score (nSPS) is 25.1. The summed E-state index contributed by atoms with van der Waals surface area (Å²) in [5.41, 5.74) is 1.03. The number of β-amino-alcohol motifs (C(OH)–C–C–N with tert-alkyl or cyclic N) is 2. The molecule has 1 aliphatic heterocycles. The van der Waals surface area contributed by atoms with Crippen LogP contribution in [0.3, 0.4) is 0 Å². The van der Waals surface area contributed by atoms with Gasteiger partial charge in [0.2, 0.25) is 0 Å². The third-order valence-electron chi connectivity index (χ3n) is 2.87. The van der Waals surface area contributed by atoms with Crippen LogP contribution in [0.15, 0.2) is 11.4 Å². The van der Waals surface area contributed by atoms with Crippen LogP contribution in [-0.2, 0) is 6.42 Å². The van der Waals surface area contributed by atoms with Gasteiger partial charge in [0.25, 0.3) is 5.91 Å². The molecule has 2 N–H and O–H groups in total. The minimum absolute atomic E-state index is 0.0811. The first-order valence-electron chi connectivity index (χ1n) is 5.35. The SMILES string of the molecule is CCc1ccsc1C(=O)N1C[C@@H](O)[C@@H](O)C1. The zero-order valence-corrected chi connectivity index (χ0v) is 9.91. The van der Waals surface area contributed by atoms with Gasteiger partial charge in [-0.3, -0.25) is 4.79 Å². The third kappa shape index (κ3) is 1.98. The Labute approximate surface area is 98.1 Å². The zero-order chi connectivity index (χ0) is 11.7. The summed E-state index contributed by atoms with van der Waals surface area (Å²) in [6.45, 7) is 2.45. The number of aliphatic hydroxyl groups is 2. The number of hydrogen-bond donors (Lipinski definition) is 2. The van der Waals surface area contributed by atoms with E-state index in [4.69, 9.17) is 0 Å². The van der Waals surface area contributed by atoms with Gasteiger partial charge in [-0.15, -0.1) is 11.3 Å². The molecule has 2 atom stereocenters. The zero-order valence-electron chi connectivity index (χ0n) is 9.09. The van der Waals surface area contributed by atoms with E-state index in [9.17, 15) is 15.0 Å². The molecule has 0 unspecified atom stereocenters. The molecule has 1 aromatic heterocycles. The molecule has 1 aromatic rings. The quantitative estimate of drug-likeness (QED) is 0.792. The average Bonchev–Trinajstić information content (AvgIpc) is 2.85. The van der Waals surface area contributed by atoms with Crippen molar-refractivity contribution in [3.63, 3.8) is 0 Å². The molecule has 0 spiro atoms. The number of likely N-dealkylation sites (tertiary alicyclic amines) is 1. The summed E-state index contributed by atoms with van der Waals surface area (Å²) in [5, 5.41) is 20.7. The summed E-state index contributed by atoms with van der Waals surface area (Å²) < 4.78 is 0. The molecule has 16 heavy (non-hydrogen) atoms. The fourth-order valence-corrected chi connectivity index (χ4v) is 2.84. The van der Waals surface area contributed by atoms with Gasteiger partial charge < -0.3 is 15.1 Å². The second-order valence-corrected chi connectivity index (χ2v) is 4.89. The van der Waals surface area contributed by atoms with Gasteiger partial charge in [-0.1, -0.05) is 6.92 Å². The molecule has 0 aliphatic carbocycles. The van der Waals surface area contributed by atoms with Crippen molar-refractivity contribution in [1.29, 1.82) is 0 Å². The van der Waals surface area contributed by atoms with E-state index in [0.717, 1.165) is 16.9 Å². The van der Waals surface area contributed by atoms with E-state index in [0.29, 0.717) is 0 Å². The van der Waals surface area contributed by atoms with Crippen LogP contribution in [0.1, 0.15) is 22.2 Å². The Hall–Kier alpha value is -0.910. The maximum atomic E-state index is 12.1. The molecule has 1 fully saturated rings. The molecule has 1 amide bonds. The van der Waals surface area contributed by atoms with Crippen LogP contribution in [0.2, 0.25) is 0 Å². The molecule has 1 saturated heterocycles. The lowest BCUT2D eigenvalue weighted by atomic mass is 10.2. The van der Waals surface area contributed by atoms with Crippen LogP contribution in [-0.4, -0.2) is 46.3 Å². The fraction of sp³-hybridized carbons (Fsp3) is 0.545. The number of amides is 1.